The minimum Gasteiger partial charge on any atom is -0.273 e. The lowest BCUT2D eigenvalue weighted by Gasteiger charge is -2.16. The number of thiazole rings is 1. The van der Waals surface area contributed by atoms with E-state index >= 15 is 0 Å². The summed E-state index contributed by atoms with van der Waals surface area (Å²) in [7, 11) is 0. The predicted octanol–water partition coefficient (Wildman–Crippen LogP) is 4.13. The van der Waals surface area contributed by atoms with Gasteiger partial charge in [-0.05, 0) is 61.7 Å². The topological polar surface area (TPSA) is 75.0 Å². The number of benzene rings is 2. The van der Waals surface area contributed by atoms with E-state index in [1.807, 2.05) is 30.3 Å². The van der Waals surface area contributed by atoms with Gasteiger partial charge in [0.25, 0.3) is 5.91 Å². The fraction of sp³-hybridized carbons (Fsp3) is 0.286. The molecular formula is C21H16N4O2S. The van der Waals surface area contributed by atoms with Crippen LogP contribution in [0.1, 0.15) is 18.4 Å². The summed E-state index contributed by atoms with van der Waals surface area (Å²) in [5.41, 5.74) is 3.36. The smallest absolute Gasteiger partial charge is 0.261 e. The van der Waals surface area contributed by atoms with Crippen LogP contribution in [0.25, 0.3) is 20.8 Å². The van der Waals surface area contributed by atoms with E-state index in [4.69, 9.17) is 4.98 Å². The molecule has 3 aromatic rings. The molecule has 1 saturated carbocycles. The summed E-state index contributed by atoms with van der Waals surface area (Å²) >= 11 is 1.64. The summed E-state index contributed by atoms with van der Waals surface area (Å²) in [6, 6.07) is 13.1. The molecule has 3 aliphatic rings. The van der Waals surface area contributed by atoms with E-state index in [1.165, 1.54) is 10.5 Å². The third kappa shape index (κ3) is 2.10. The summed E-state index contributed by atoms with van der Waals surface area (Å²) in [6.45, 7) is 2.07. The Kier molecular flexibility index (Phi) is 3.05. The van der Waals surface area contributed by atoms with Crippen molar-refractivity contribution in [3.8, 4) is 10.6 Å². The molecule has 0 radical (unpaired) electrons. The Hall–Kier alpha value is -2.93. The molecule has 1 saturated heterocycles. The first-order chi connectivity index (χ1) is 13.6. The third-order valence-corrected chi connectivity index (χ3v) is 6.98. The Bertz CT molecular complexity index is 1190. The molecule has 28 heavy (non-hydrogen) atoms. The summed E-state index contributed by atoms with van der Waals surface area (Å²) in [5, 5.41) is 9.27. The maximum atomic E-state index is 12.9. The fourth-order valence-corrected chi connectivity index (χ4v) is 5.31. The lowest BCUT2D eigenvalue weighted by Crippen LogP contribution is -2.33. The monoisotopic (exact) mass is 388 g/mol. The lowest BCUT2D eigenvalue weighted by atomic mass is 9.94. The first kappa shape index (κ1) is 16.1. The Labute approximate surface area is 164 Å². The van der Waals surface area contributed by atoms with Gasteiger partial charge in [0.15, 0.2) is 6.04 Å². The number of carbonyl (C=O) groups is 2. The van der Waals surface area contributed by atoms with Crippen molar-refractivity contribution in [2.45, 2.75) is 31.3 Å². The molecular weight excluding hydrogens is 372 g/mol. The highest BCUT2D eigenvalue weighted by Gasteiger charge is 2.67. The number of hydrogen-bond donors (Lipinski definition) is 0. The van der Waals surface area contributed by atoms with Gasteiger partial charge in [-0.25, -0.2) is 9.88 Å². The summed E-state index contributed by atoms with van der Waals surface area (Å²) in [4.78, 5) is 31.7. The largest absolute Gasteiger partial charge is 0.273 e. The molecule has 1 aromatic heterocycles. The van der Waals surface area contributed by atoms with Crippen molar-refractivity contribution in [3.05, 3.63) is 48.0 Å². The summed E-state index contributed by atoms with van der Waals surface area (Å²) < 4.78 is 1.15. The zero-order chi connectivity index (χ0) is 19.0. The van der Waals surface area contributed by atoms with Gasteiger partial charge in [0, 0.05) is 5.56 Å². The number of rotatable bonds is 2. The lowest BCUT2D eigenvalue weighted by molar-refractivity contribution is -0.122. The number of imide groups is 1. The van der Waals surface area contributed by atoms with Gasteiger partial charge >= 0.3 is 0 Å². The average Bonchev–Trinajstić information content (AvgIpc) is 3.07. The van der Waals surface area contributed by atoms with Crippen LogP contribution in [0.15, 0.2) is 52.7 Å². The van der Waals surface area contributed by atoms with Crippen molar-refractivity contribution in [2.24, 2.45) is 16.1 Å². The molecule has 3 heterocycles. The fourth-order valence-electron chi connectivity index (χ4n) is 4.24. The maximum Gasteiger partial charge on any atom is 0.261 e. The van der Waals surface area contributed by atoms with Gasteiger partial charge in [-0.2, -0.15) is 10.2 Å². The predicted molar refractivity (Wildman–Crippen MR) is 106 cm³/mol. The van der Waals surface area contributed by atoms with E-state index in [0.717, 1.165) is 33.6 Å². The molecule has 0 N–H and O–H groups in total. The van der Waals surface area contributed by atoms with E-state index in [9.17, 15) is 9.59 Å². The summed E-state index contributed by atoms with van der Waals surface area (Å²) in [5.74, 6) is -0.835. The normalized spacial score (nSPS) is 24.5. The van der Waals surface area contributed by atoms with Gasteiger partial charge in [-0.15, -0.1) is 11.3 Å². The second kappa shape index (κ2) is 5.32. The number of aryl methyl sites for hydroxylation is 1. The SMILES string of the molecule is Cc1ccc2nc(-c3ccc(N4C(=O)C5N=NC6(CC6)C5C4=O)cc3)sc2c1. The highest BCUT2D eigenvalue weighted by atomic mass is 32.1. The number of fused-ring (bicyclic) bond motifs is 3. The number of aromatic nitrogens is 1. The Morgan fingerprint density at radius 2 is 1.86 bits per heavy atom. The van der Waals surface area contributed by atoms with Crippen LogP contribution in [0.4, 0.5) is 5.69 Å². The molecule has 7 heteroatoms. The van der Waals surface area contributed by atoms with Gasteiger partial charge in [0.1, 0.15) is 5.01 Å². The number of azo groups is 1. The van der Waals surface area contributed by atoms with E-state index in [2.05, 4.69) is 29.3 Å². The number of anilines is 1. The van der Waals surface area contributed by atoms with Crippen molar-refractivity contribution in [1.29, 1.82) is 0 Å². The zero-order valence-corrected chi connectivity index (χ0v) is 15.9. The van der Waals surface area contributed by atoms with E-state index < -0.39 is 17.5 Å². The van der Waals surface area contributed by atoms with Crippen LogP contribution >= 0.6 is 11.3 Å². The Balaban J connectivity index is 1.33. The van der Waals surface area contributed by atoms with Crippen LogP contribution in [-0.4, -0.2) is 28.4 Å². The van der Waals surface area contributed by atoms with Crippen molar-refractivity contribution >= 4 is 39.1 Å². The van der Waals surface area contributed by atoms with Crippen LogP contribution in [0.5, 0.6) is 0 Å². The molecule has 0 bridgehead atoms. The second-order valence-corrected chi connectivity index (χ2v) is 8.82. The minimum absolute atomic E-state index is 0.166. The Morgan fingerprint density at radius 1 is 1.07 bits per heavy atom. The molecule has 2 aromatic carbocycles. The first-order valence-electron chi connectivity index (χ1n) is 9.33. The maximum absolute atomic E-state index is 12.9. The minimum atomic E-state index is -0.637. The highest BCUT2D eigenvalue weighted by Crippen LogP contribution is 2.55. The van der Waals surface area contributed by atoms with E-state index in [1.54, 1.807) is 11.3 Å². The third-order valence-electron chi connectivity index (χ3n) is 5.91. The number of amides is 2. The van der Waals surface area contributed by atoms with Crippen molar-refractivity contribution in [3.63, 3.8) is 0 Å². The molecule has 2 fully saturated rings. The van der Waals surface area contributed by atoms with Crippen molar-refractivity contribution < 1.29 is 9.59 Å². The summed E-state index contributed by atoms with van der Waals surface area (Å²) in [6.07, 6.45) is 1.70. The molecule has 1 spiro atoms. The van der Waals surface area contributed by atoms with Crippen LogP contribution in [0.2, 0.25) is 0 Å². The van der Waals surface area contributed by atoms with Gasteiger partial charge in [-0.3, -0.25) is 9.59 Å². The first-order valence-corrected chi connectivity index (χ1v) is 10.1. The average molecular weight is 388 g/mol. The molecule has 6 rings (SSSR count). The van der Waals surface area contributed by atoms with Gasteiger partial charge in [-0.1, -0.05) is 6.07 Å². The number of nitrogens with zero attached hydrogens (tertiary/aromatic N) is 4. The molecule has 6 nitrogen and oxygen atoms in total. The second-order valence-electron chi connectivity index (χ2n) is 7.79. The van der Waals surface area contributed by atoms with Crippen molar-refractivity contribution in [2.75, 3.05) is 4.90 Å². The van der Waals surface area contributed by atoms with E-state index in [-0.39, 0.29) is 11.8 Å². The number of carbonyl (C=O) groups excluding carboxylic acids is 2. The Morgan fingerprint density at radius 3 is 2.61 bits per heavy atom. The zero-order valence-electron chi connectivity index (χ0n) is 15.1. The molecule has 2 aliphatic heterocycles. The standard InChI is InChI=1S/C21H16N4O2S/c1-11-2-7-14-15(10-11)28-18(22-14)12-3-5-13(6-4-12)25-19(26)16-17(20(25)27)23-24-21(16)8-9-21/h2-7,10,16-17H,8-9H2,1H3. The quantitative estimate of drug-likeness (QED) is 0.620. The molecule has 138 valence electrons. The van der Waals surface area contributed by atoms with Gasteiger partial charge in [0.05, 0.1) is 27.4 Å². The van der Waals surface area contributed by atoms with Gasteiger partial charge < -0.3 is 0 Å². The van der Waals surface area contributed by atoms with Crippen molar-refractivity contribution in [1.82, 2.24) is 4.98 Å². The highest BCUT2D eigenvalue weighted by molar-refractivity contribution is 7.21. The van der Waals surface area contributed by atoms with Crippen LogP contribution < -0.4 is 4.90 Å². The van der Waals surface area contributed by atoms with Crippen LogP contribution in [0, 0.1) is 12.8 Å². The van der Waals surface area contributed by atoms with Crippen LogP contribution in [0.3, 0.4) is 0 Å². The van der Waals surface area contributed by atoms with E-state index in [0.29, 0.717) is 5.69 Å². The molecule has 1 aliphatic carbocycles. The number of hydrogen-bond acceptors (Lipinski definition) is 6. The molecule has 2 unspecified atom stereocenters. The van der Waals surface area contributed by atoms with Crippen LogP contribution in [-0.2, 0) is 9.59 Å². The van der Waals surface area contributed by atoms with Gasteiger partial charge in [0.2, 0.25) is 5.91 Å². The molecule has 2 atom stereocenters. The molecule has 2 amide bonds.